The number of benzene rings is 2. The molecule has 0 aliphatic heterocycles. The molecule has 0 spiro atoms. The van der Waals surface area contributed by atoms with Crippen LogP contribution in [0, 0.1) is 6.92 Å². The van der Waals surface area contributed by atoms with Gasteiger partial charge >= 0.3 is 0 Å². The average molecular weight is 306 g/mol. The van der Waals surface area contributed by atoms with Crippen molar-refractivity contribution in [3.8, 4) is 5.75 Å². The van der Waals surface area contributed by atoms with Gasteiger partial charge in [-0.25, -0.2) is 8.42 Å². The second-order valence-electron chi connectivity index (χ2n) is 4.91. The van der Waals surface area contributed by atoms with Crippen LogP contribution in [0.5, 0.6) is 5.75 Å². The summed E-state index contributed by atoms with van der Waals surface area (Å²) < 4.78 is 30.6. The van der Waals surface area contributed by atoms with Gasteiger partial charge < -0.3 is 10.5 Å². The van der Waals surface area contributed by atoms with E-state index < -0.39 is 15.1 Å². The lowest BCUT2D eigenvalue weighted by molar-refractivity contribution is -0.367. The van der Waals surface area contributed by atoms with E-state index in [0.29, 0.717) is 10.6 Å². The third-order valence-corrected chi connectivity index (χ3v) is 5.62. The maximum atomic E-state index is 12.8. The van der Waals surface area contributed by atoms with Gasteiger partial charge in [0.25, 0.3) is 0 Å². The van der Waals surface area contributed by atoms with E-state index in [1.807, 2.05) is 31.2 Å². The van der Waals surface area contributed by atoms with Crippen molar-refractivity contribution in [3.05, 3.63) is 59.7 Å². The third kappa shape index (κ3) is 3.25. The zero-order valence-corrected chi connectivity index (χ0v) is 13.1. The van der Waals surface area contributed by atoms with Crippen molar-refractivity contribution < 1.29 is 18.9 Å². The zero-order valence-electron chi connectivity index (χ0n) is 12.2. The standard InChI is InChI=1S/C16H19NO3S/c1-12-4-3-5-13(10-12)16(11-17)21(18,19)15-8-6-14(20-2)7-9-15/h3-10,16H,11,17H2,1-2H3/p+1/t16-/m0/s1. The maximum absolute atomic E-state index is 12.8. The van der Waals surface area contributed by atoms with Crippen LogP contribution in [-0.2, 0) is 9.84 Å². The van der Waals surface area contributed by atoms with Crippen LogP contribution in [0.4, 0.5) is 0 Å². The van der Waals surface area contributed by atoms with Crippen molar-refractivity contribution in [2.24, 2.45) is 0 Å². The van der Waals surface area contributed by atoms with E-state index >= 15 is 0 Å². The highest BCUT2D eigenvalue weighted by Gasteiger charge is 2.29. The van der Waals surface area contributed by atoms with E-state index in [-0.39, 0.29) is 6.54 Å². The molecule has 0 saturated heterocycles. The fourth-order valence-corrected chi connectivity index (χ4v) is 3.96. The minimum absolute atomic E-state index is 0.289. The smallest absolute Gasteiger partial charge is 0.190 e. The van der Waals surface area contributed by atoms with Crippen LogP contribution in [-0.4, -0.2) is 22.1 Å². The van der Waals surface area contributed by atoms with Crippen LogP contribution in [0.1, 0.15) is 16.4 Å². The van der Waals surface area contributed by atoms with E-state index in [0.717, 1.165) is 11.1 Å². The normalized spacial score (nSPS) is 12.9. The number of rotatable bonds is 5. The van der Waals surface area contributed by atoms with Crippen molar-refractivity contribution in [1.82, 2.24) is 0 Å². The lowest BCUT2D eigenvalue weighted by Gasteiger charge is -2.15. The molecule has 2 rings (SSSR count). The predicted octanol–water partition coefficient (Wildman–Crippen LogP) is 1.76. The molecule has 0 radical (unpaired) electrons. The van der Waals surface area contributed by atoms with Crippen LogP contribution in [0.25, 0.3) is 0 Å². The highest BCUT2D eigenvalue weighted by atomic mass is 32.2. The molecule has 0 aliphatic rings. The molecular formula is C16H20NO3S+. The maximum Gasteiger partial charge on any atom is 0.190 e. The van der Waals surface area contributed by atoms with Gasteiger partial charge in [-0.1, -0.05) is 29.8 Å². The summed E-state index contributed by atoms with van der Waals surface area (Å²) in [5.74, 6) is 0.635. The van der Waals surface area contributed by atoms with E-state index in [4.69, 9.17) is 4.74 Å². The highest BCUT2D eigenvalue weighted by molar-refractivity contribution is 7.91. The fourth-order valence-electron chi connectivity index (χ4n) is 2.30. The Balaban J connectivity index is 2.44. The van der Waals surface area contributed by atoms with Gasteiger partial charge in [-0.05, 0) is 36.8 Å². The Hall–Kier alpha value is -1.85. The molecule has 3 N–H and O–H groups in total. The Kier molecular flexibility index (Phi) is 4.65. The summed E-state index contributed by atoms with van der Waals surface area (Å²) >= 11 is 0. The molecule has 0 heterocycles. The second-order valence-corrected chi connectivity index (χ2v) is 7.04. The van der Waals surface area contributed by atoms with Gasteiger partial charge in [-0.2, -0.15) is 0 Å². The Morgan fingerprint density at radius 3 is 2.33 bits per heavy atom. The first-order chi connectivity index (χ1) is 9.98. The van der Waals surface area contributed by atoms with Crippen molar-refractivity contribution in [2.45, 2.75) is 17.1 Å². The molecule has 2 aromatic rings. The average Bonchev–Trinajstić information content (AvgIpc) is 2.48. The van der Waals surface area contributed by atoms with Crippen molar-refractivity contribution >= 4 is 9.84 Å². The molecular weight excluding hydrogens is 286 g/mol. The molecule has 0 unspecified atom stereocenters. The molecule has 0 aliphatic carbocycles. The Morgan fingerprint density at radius 1 is 1.14 bits per heavy atom. The van der Waals surface area contributed by atoms with E-state index in [9.17, 15) is 8.42 Å². The van der Waals surface area contributed by atoms with Gasteiger partial charge in [0.15, 0.2) is 9.84 Å². The number of hydrogen-bond acceptors (Lipinski definition) is 3. The van der Waals surface area contributed by atoms with Gasteiger partial charge in [0.05, 0.1) is 18.6 Å². The van der Waals surface area contributed by atoms with Crippen LogP contribution in [0.3, 0.4) is 0 Å². The molecule has 4 nitrogen and oxygen atoms in total. The SMILES string of the molecule is COc1ccc(S(=O)(=O)[C@@H](C[NH3+])c2cccc(C)c2)cc1. The van der Waals surface area contributed by atoms with Gasteiger partial charge in [-0.15, -0.1) is 0 Å². The lowest BCUT2D eigenvalue weighted by Crippen LogP contribution is -2.54. The first kappa shape index (κ1) is 15.5. The van der Waals surface area contributed by atoms with Crippen LogP contribution in [0.2, 0.25) is 0 Å². The quantitative estimate of drug-likeness (QED) is 0.915. The Labute approximate surface area is 125 Å². The van der Waals surface area contributed by atoms with Crippen molar-refractivity contribution in [3.63, 3.8) is 0 Å². The van der Waals surface area contributed by atoms with Gasteiger partial charge in [0, 0.05) is 0 Å². The summed E-state index contributed by atoms with van der Waals surface area (Å²) in [6.07, 6.45) is 0. The Morgan fingerprint density at radius 2 is 1.81 bits per heavy atom. The van der Waals surface area contributed by atoms with Crippen LogP contribution in [0.15, 0.2) is 53.4 Å². The predicted molar refractivity (Wildman–Crippen MR) is 81.9 cm³/mol. The molecule has 0 saturated carbocycles. The molecule has 0 fully saturated rings. The minimum atomic E-state index is -3.46. The summed E-state index contributed by atoms with van der Waals surface area (Å²) in [6.45, 7) is 2.24. The molecule has 0 aromatic heterocycles. The fraction of sp³-hybridized carbons (Fsp3) is 0.250. The van der Waals surface area contributed by atoms with E-state index in [1.165, 1.54) is 0 Å². The van der Waals surface area contributed by atoms with Crippen molar-refractivity contribution in [1.29, 1.82) is 0 Å². The summed E-state index contributed by atoms with van der Waals surface area (Å²) in [6, 6.07) is 14.0. The van der Waals surface area contributed by atoms with Crippen molar-refractivity contribution in [2.75, 3.05) is 13.7 Å². The van der Waals surface area contributed by atoms with E-state index in [2.05, 4.69) is 5.73 Å². The molecule has 0 bridgehead atoms. The first-order valence-electron chi connectivity index (χ1n) is 6.73. The van der Waals surface area contributed by atoms with Crippen LogP contribution >= 0.6 is 0 Å². The highest BCUT2D eigenvalue weighted by Crippen LogP contribution is 2.29. The molecule has 1 atom stereocenters. The number of aryl methyl sites for hydroxylation is 1. The summed E-state index contributed by atoms with van der Waals surface area (Å²) in [5.41, 5.74) is 5.63. The summed E-state index contributed by atoms with van der Waals surface area (Å²) in [4.78, 5) is 0.290. The molecule has 112 valence electrons. The van der Waals surface area contributed by atoms with Gasteiger partial charge in [-0.3, -0.25) is 0 Å². The monoisotopic (exact) mass is 306 g/mol. The summed E-state index contributed by atoms with van der Waals surface area (Å²) in [7, 11) is -1.91. The van der Waals surface area contributed by atoms with E-state index in [1.54, 1.807) is 31.4 Å². The lowest BCUT2D eigenvalue weighted by atomic mass is 10.1. The van der Waals surface area contributed by atoms with Gasteiger partial charge in [0.2, 0.25) is 0 Å². The number of ether oxygens (including phenoxy) is 1. The topological polar surface area (TPSA) is 71.0 Å². The Bertz CT molecular complexity index is 709. The number of sulfone groups is 1. The molecule has 21 heavy (non-hydrogen) atoms. The summed E-state index contributed by atoms with van der Waals surface area (Å²) in [5, 5.41) is -0.634. The van der Waals surface area contributed by atoms with Crippen LogP contribution < -0.4 is 10.5 Å². The number of hydrogen-bond donors (Lipinski definition) is 1. The first-order valence-corrected chi connectivity index (χ1v) is 8.27. The minimum Gasteiger partial charge on any atom is -0.497 e. The molecule has 0 amide bonds. The largest absolute Gasteiger partial charge is 0.497 e. The molecule has 5 heteroatoms. The number of quaternary nitrogens is 1. The van der Waals surface area contributed by atoms with Gasteiger partial charge in [0.1, 0.15) is 11.0 Å². The second kappa shape index (κ2) is 6.28. The number of methoxy groups -OCH3 is 1. The zero-order chi connectivity index (χ0) is 15.5. The molecule has 2 aromatic carbocycles. The third-order valence-electron chi connectivity index (χ3n) is 3.44.